The van der Waals surface area contributed by atoms with E-state index in [1.807, 2.05) is 19.1 Å². The van der Waals surface area contributed by atoms with E-state index in [2.05, 4.69) is 255 Å². The number of aliphatic hydroxyl groups excluding tert-OH is 2. The zero-order valence-corrected chi connectivity index (χ0v) is 49.6. The van der Waals surface area contributed by atoms with Crippen LogP contribution in [0.25, 0.3) is 81.3 Å². The van der Waals surface area contributed by atoms with Crippen LogP contribution in [-0.2, 0) is 0 Å². The summed E-state index contributed by atoms with van der Waals surface area (Å²) in [4.78, 5) is 0. The molecule has 0 aromatic heterocycles. The monoisotopic (exact) mass is 1120 g/mol. The van der Waals surface area contributed by atoms with E-state index in [1.54, 1.807) is 12.1 Å². The number of rotatable bonds is 2. The van der Waals surface area contributed by atoms with E-state index >= 15 is 0 Å². The molecule has 11 aromatic carbocycles. The summed E-state index contributed by atoms with van der Waals surface area (Å²) >= 11 is 3.76. The molecule has 0 radical (unpaired) electrons. The van der Waals surface area contributed by atoms with Gasteiger partial charge in [-0.15, -0.1) is 30.4 Å². The third kappa shape index (κ3) is 11.6. The highest BCUT2D eigenvalue weighted by molar-refractivity contribution is 9.10. The van der Waals surface area contributed by atoms with Gasteiger partial charge in [0.05, 0.1) is 0 Å². The van der Waals surface area contributed by atoms with Crippen molar-refractivity contribution in [2.24, 2.45) is 0 Å². The molecule has 79 heavy (non-hydrogen) atoms. The van der Waals surface area contributed by atoms with Crippen molar-refractivity contribution in [2.75, 3.05) is 0 Å². The highest BCUT2D eigenvalue weighted by Gasteiger charge is 2.26. The lowest BCUT2D eigenvalue weighted by Crippen LogP contribution is -2.17. The molecule has 0 spiro atoms. The van der Waals surface area contributed by atoms with Crippen LogP contribution < -0.4 is 0 Å². The van der Waals surface area contributed by atoms with Gasteiger partial charge in [-0.2, -0.15) is 0 Å². The number of aliphatic hydroxyl groups is 2. The average molecular weight is 1120 g/mol. The third-order valence-corrected chi connectivity index (χ3v) is 16.3. The molecule has 384 valence electrons. The van der Waals surface area contributed by atoms with Crippen molar-refractivity contribution in [3.05, 3.63) is 231 Å². The maximum absolute atomic E-state index is 10.1. The minimum Gasteiger partial charge on any atom is -0.384 e. The Hall–Kier alpha value is -8.39. The first-order valence-corrected chi connectivity index (χ1v) is 34.1. The molecule has 12 rings (SSSR count). The van der Waals surface area contributed by atoms with Crippen molar-refractivity contribution in [1.82, 2.24) is 0 Å². The second-order valence-corrected chi connectivity index (χ2v) is 32.5. The fraction of sp³-hybridized carbons (Fsp3) is 0.135. The van der Waals surface area contributed by atoms with E-state index in [0.29, 0.717) is 16.7 Å². The predicted octanol–water partition coefficient (Wildman–Crippen LogP) is 18.3. The number of halogens is 1. The number of aryl methyl sites for hydroxylation is 2. The molecule has 11 aromatic rings. The Morgan fingerprint density at radius 2 is 0.962 bits per heavy atom. The van der Waals surface area contributed by atoms with Crippen LogP contribution in [0.15, 0.2) is 181 Å². The SMILES string of the molecule is C#Cc1cc(C)cc(C(O)C#C)c1C#C.C=C1c2cccc3cc(C)cc(c23)C1O.C[Si](C)(C)C#Cc1cccc(-c2cccc3cccc(Br)c23)c1C#C[Si](C)(C)C.c1cc2cccc3c4cccc5cccc(c(c1)c23)c54. The van der Waals surface area contributed by atoms with Gasteiger partial charge in [-0.25, -0.2) is 0 Å². The van der Waals surface area contributed by atoms with Crippen LogP contribution >= 0.6 is 15.9 Å². The molecular weight excluding hydrogens is 1060 g/mol. The van der Waals surface area contributed by atoms with Gasteiger partial charge < -0.3 is 10.2 Å². The van der Waals surface area contributed by atoms with E-state index in [1.165, 1.54) is 75.8 Å². The molecule has 0 saturated carbocycles. The van der Waals surface area contributed by atoms with Crippen LogP contribution in [0, 0.1) is 73.8 Å². The number of hydrogen-bond acceptors (Lipinski definition) is 2. The Balaban J connectivity index is 0.000000133. The summed E-state index contributed by atoms with van der Waals surface area (Å²) in [6, 6.07) is 59.5. The Bertz CT molecular complexity index is 4310. The van der Waals surface area contributed by atoms with Crippen molar-refractivity contribution >= 4 is 102 Å². The van der Waals surface area contributed by atoms with Crippen LogP contribution in [0.2, 0.25) is 39.3 Å². The summed E-state index contributed by atoms with van der Waals surface area (Å²) in [5.41, 5.74) is 18.2. The highest BCUT2D eigenvalue weighted by Crippen LogP contribution is 2.45. The zero-order valence-electron chi connectivity index (χ0n) is 46.0. The molecule has 0 heterocycles. The van der Waals surface area contributed by atoms with Crippen molar-refractivity contribution < 1.29 is 10.2 Å². The summed E-state index contributed by atoms with van der Waals surface area (Å²) in [6.07, 6.45) is 14.3. The standard InChI is InChI=1S/C26H27BrSi2.C20H12.C14H12O.C14H10O/c1-28(2,3)18-16-20-10-7-13-23(22(20)17-19-29(4,5)6)24-14-8-11-21-12-9-15-25(27)26(21)24;1-5-13-6-2-11-17-18-12-4-8-14-7-3-10-16(20(14)18)15(9-1)19(13)17;1-8-6-10-4-3-5-11-9(2)14(15)12(7-8)13(10)11;1-5-11-8-10(4)9-13(12(11)6-2)14(15)7-3/h7-15H,1-6H3;1-12H;3-7,14-15H,2H2,1H3;1-3,8-9,14-15H,4H3. The topological polar surface area (TPSA) is 40.5 Å². The second kappa shape index (κ2) is 22.9. The molecule has 2 nitrogen and oxygen atoms in total. The number of hydrogen-bond donors (Lipinski definition) is 2. The summed E-state index contributed by atoms with van der Waals surface area (Å²) in [6.45, 7) is 21.6. The van der Waals surface area contributed by atoms with Gasteiger partial charge in [0, 0.05) is 37.7 Å². The normalized spacial score (nSPS) is 12.9. The third-order valence-electron chi connectivity index (χ3n) is 13.9. The van der Waals surface area contributed by atoms with Gasteiger partial charge in [0.2, 0.25) is 0 Å². The van der Waals surface area contributed by atoms with Crippen molar-refractivity contribution in [2.45, 2.75) is 65.3 Å². The molecule has 0 aliphatic heterocycles. The molecule has 0 bridgehead atoms. The smallest absolute Gasteiger partial charge is 0.141 e. The molecule has 0 fully saturated rings. The molecule has 0 saturated heterocycles. The summed E-state index contributed by atoms with van der Waals surface area (Å²) in [5.74, 6) is 14.2. The van der Waals surface area contributed by atoms with Gasteiger partial charge in [-0.1, -0.05) is 249 Å². The molecule has 5 heteroatoms. The second-order valence-electron chi connectivity index (χ2n) is 22.1. The molecule has 0 amide bonds. The highest BCUT2D eigenvalue weighted by atomic mass is 79.9. The van der Waals surface area contributed by atoms with Gasteiger partial charge in [0.25, 0.3) is 0 Å². The fourth-order valence-corrected chi connectivity index (χ4v) is 12.1. The quantitative estimate of drug-likeness (QED) is 0.0784. The molecular formula is C74H61BrO2Si2. The molecule has 1 aliphatic rings. The van der Waals surface area contributed by atoms with Crippen LogP contribution in [0.1, 0.15) is 62.3 Å². The van der Waals surface area contributed by atoms with E-state index < -0.39 is 28.4 Å². The largest absolute Gasteiger partial charge is 0.384 e. The lowest BCUT2D eigenvalue weighted by Gasteiger charge is -2.13. The lowest BCUT2D eigenvalue weighted by atomic mass is 9.90. The number of fused-ring (bicyclic) bond motifs is 3. The minimum absolute atomic E-state index is 0.494. The molecule has 2 atom stereocenters. The Morgan fingerprint density at radius 1 is 0.494 bits per heavy atom. The summed E-state index contributed by atoms with van der Waals surface area (Å²) in [5, 5.41) is 35.3. The van der Waals surface area contributed by atoms with Crippen LogP contribution in [0.4, 0.5) is 0 Å². The Morgan fingerprint density at radius 3 is 1.49 bits per heavy atom. The average Bonchev–Trinajstić information content (AvgIpc) is 3.89. The van der Waals surface area contributed by atoms with Crippen LogP contribution in [-0.4, -0.2) is 26.4 Å². The van der Waals surface area contributed by atoms with Gasteiger partial charge in [0.15, 0.2) is 0 Å². The Labute approximate surface area is 476 Å². The van der Waals surface area contributed by atoms with E-state index in [9.17, 15) is 10.2 Å². The van der Waals surface area contributed by atoms with Gasteiger partial charge in [-0.3, -0.25) is 0 Å². The maximum Gasteiger partial charge on any atom is 0.141 e. The molecule has 2 unspecified atom stereocenters. The first-order chi connectivity index (χ1) is 37.8. The van der Waals surface area contributed by atoms with Crippen LogP contribution in [0.5, 0.6) is 0 Å². The van der Waals surface area contributed by atoms with Gasteiger partial charge in [-0.05, 0) is 125 Å². The lowest BCUT2D eigenvalue weighted by molar-refractivity contribution is 0.238. The predicted molar refractivity (Wildman–Crippen MR) is 349 cm³/mol. The number of terminal acetylenes is 3. The summed E-state index contributed by atoms with van der Waals surface area (Å²) < 4.78 is 1.10. The van der Waals surface area contributed by atoms with Crippen molar-refractivity contribution in [3.8, 4) is 71.1 Å². The summed E-state index contributed by atoms with van der Waals surface area (Å²) in [7, 11) is -3.00. The van der Waals surface area contributed by atoms with Crippen LogP contribution in [0.3, 0.4) is 0 Å². The fourth-order valence-electron chi connectivity index (χ4n) is 10.4. The number of benzene rings is 11. The van der Waals surface area contributed by atoms with Crippen molar-refractivity contribution in [1.29, 1.82) is 0 Å². The van der Waals surface area contributed by atoms with Gasteiger partial charge in [0.1, 0.15) is 28.4 Å². The van der Waals surface area contributed by atoms with E-state index in [4.69, 9.17) is 19.3 Å². The first kappa shape index (κ1) is 55.4. The van der Waals surface area contributed by atoms with Gasteiger partial charge >= 0.3 is 0 Å². The van der Waals surface area contributed by atoms with Crippen molar-refractivity contribution in [3.63, 3.8) is 0 Å². The zero-order chi connectivity index (χ0) is 56.3. The Kier molecular flexibility index (Phi) is 16.1. The minimum atomic E-state index is -1.52. The maximum atomic E-state index is 10.1. The molecule has 2 N–H and O–H groups in total. The first-order valence-electron chi connectivity index (χ1n) is 26.3. The van der Waals surface area contributed by atoms with E-state index in [-0.39, 0.29) is 0 Å². The molecule has 1 aliphatic carbocycles. The van der Waals surface area contributed by atoms with E-state index in [0.717, 1.165) is 43.4 Å².